The summed E-state index contributed by atoms with van der Waals surface area (Å²) >= 11 is 3.22. The lowest BCUT2D eigenvalue weighted by atomic mass is 10.4. The first kappa shape index (κ1) is 21.3. The minimum Gasteiger partial charge on any atom is -0.278 e. The average molecular weight is 472 g/mol. The third-order valence-corrected chi connectivity index (χ3v) is 7.13. The first-order chi connectivity index (χ1) is 12.7. The lowest BCUT2D eigenvalue weighted by Crippen LogP contribution is -2.32. The molecule has 0 saturated heterocycles. The van der Waals surface area contributed by atoms with Gasteiger partial charge in [0, 0.05) is 30.0 Å². The Morgan fingerprint density at radius 1 is 1.11 bits per heavy atom. The third-order valence-electron chi connectivity index (χ3n) is 3.42. The zero-order valence-corrected chi connectivity index (χ0v) is 17.5. The summed E-state index contributed by atoms with van der Waals surface area (Å²) in [6.45, 7) is 7.18. The minimum atomic E-state index is -4.03. The van der Waals surface area contributed by atoms with E-state index in [1.54, 1.807) is 12.1 Å². The molecule has 1 aromatic heterocycles. The monoisotopic (exact) mass is 471 g/mol. The Kier molecular flexibility index (Phi) is 6.93. The summed E-state index contributed by atoms with van der Waals surface area (Å²) in [5.74, 6) is 0. The molecule has 2 rings (SSSR count). The summed E-state index contributed by atoms with van der Waals surface area (Å²) in [5, 5.41) is 0. The molecule has 0 aliphatic heterocycles. The van der Waals surface area contributed by atoms with Crippen molar-refractivity contribution in [3.05, 3.63) is 72.5 Å². The van der Waals surface area contributed by atoms with E-state index in [1.807, 2.05) is 0 Å². The molecular weight excluding hydrogens is 454 g/mol. The molecule has 144 valence electrons. The van der Waals surface area contributed by atoms with Crippen LogP contribution in [-0.2, 0) is 20.0 Å². The second-order valence-electron chi connectivity index (χ2n) is 5.33. The summed E-state index contributed by atoms with van der Waals surface area (Å²) < 4.78 is 55.3. The zero-order valence-electron chi connectivity index (χ0n) is 14.2. The van der Waals surface area contributed by atoms with Crippen molar-refractivity contribution in [2.24, 2.45) is 0 Å². The summed E-state index contributed by atoms with van der Waals surface area (Å²) in [7, 11) is -8.03. The van der Waals surface area contributed by atoms with Crippen molar-refractivity contribution in [1.82, 2.24) is 9.29 Å². The summed E-state index contributed by atoms with van der Waals surface area (Å²) in [6.07, 6.45) is 5.28. The molecule has 0 radical (unpaired) electrons. The Balaban J connectivity index is 2.49. The Morgan fingerprint density at radius 3 is 2.37 bits per heavy atom. The first-order valence-corrected chi connectivity index (χ1v) is 11.4. The number of sulfonamides is 2. The van der Waals surface area contributed by atoms with Gasteiger partial charge in [0.25, 0.3) is 10.0 Å². The molecule has 0 atom stereocenters. The van der Waals surface area contributed by atoms with Gasteiger partial charge in [0.1, 0.15) is 4.90 Å². The predicted octanol–water partition coefficient (Wildman–Crippen LogP) is 3.01. The number of rotatable bonds is 9. The van der Waals surface area contributed by atoms with Gasteiger partial charge >= 0.3 is 0 Å². The lowest BCUT2D eigenvalue weighted by Gasteiger charge is -2.21. The fraction of sp³-hybridized carbons (Fsp3) is 0.118. The number of halogens is 1. The molecule has 0 spiro atoms. The normalized spacial score (nSPS) is 11.9. The van der Waals surface area contributed by atoms with Crippen LogP contribution in [0.1, 0.15) is 0 Å². The highest BCUT2D eigenvalue weighted by atomic mass is 79.9. The SMILES string of the molecule is C=CCN(CC=C)S(=O)(=O)c1cnccc1NS(=O)(=O)c1cccc(Br)c1. The molecule has 7 nitrogen and oxygen atoms in total. The van der Waals surface area contributed by atoms with E-state index in [-0.39, 0.29) is 28.6 Å². The second-order valence-corrected chi connectivity index (χ2v) is 9.84. The maximum atomic E-state index is 13.0. The molecule has 0 unspecified atom stereocenters. The quantitative estimate of drug-likeness (QED) is 0.566. The largest absolute Gasteiger partial charge is 0.278 e. The molecule has 2 aromatic rings. The number of aromatic nitrogens is 1. The van der Waals surface area contributed by atoms with Crippen molar-refractivity contribution in [2.75, 3.05) is 17.8 Å². The van der Waals surface area contributed by atoms with Crippen molar-refractivity contribution in [2.45, 2.75) is 9.79 Å². The van der Waals surface area contributed by atoms with Gasteiger partial charge in [-0.15, -0.1) is 13.2 Å². The highest BCUT2D eigenvalue weighted by molar-refractivity contribution is 9.10. The number of nitrogens with zero attached hydrogens (tertiary/aromatic N) is 2. The van der Waals surface area contributed by atoms with Crippen molar-refractivity contribution >= 4 is 41.7 Å². The maximum absolute atomic E-state index is 13.0. The van der Waals surface area contributed by atoms with E-state index in [0.29, 0.717) is 4.47 Å². The average Bonchev–Trinajstić information content (AvgIpc) is 2.61. The van der Waals surface area contributed by atoms with Gasteiger partial charge in [-0.3, -0.25) is 9.71 Å². The fourth-order valence-corrected chi connectivity index (χ4v) is 5.42. The molecular formula is C17H18BrN3O4S2. The van der Waals surface area contributed by atoms with E-state index >= 15 is 0 Å². The van der Waals surface area contributed by atoms with E-state index in [9.17, 15) is 16.8 Å². The zero-order chi connectivity index (χ0) is 20.1. The van der Waals surface area contributed by atoms with Crippen LogP contribution in [0.3, 0.4) is 0 Å². The third kappa shape index (κ3) is 5.04. The van der Waals surface area contributed by atoms with Gasteiger partial charge in [-0.25, -0.2) is 16.8 Å². The first-order valence-electron chi connectivity index (χ1n) is 7.66. The van der Waals surface area contributed by atoms with Crippen LogP contribution in [-0.4, -0.2) is 39.2 Å². The Morgan fingerprint density at radius 2 is 1.78 bits per heavy atom. The van der Waals surface area contributed by atoms with E-state index < -0.39 is 20.0 Å². The van der Waals surface area contributed by atoms with Crippen LogP contribution < -0.4 is 4.72 Å². The molecule has 0 aliphatic carbocycles. The summed E-state index contributed by atoms with van der Waals surface area (Å²) in [5.41, 5.74) is -0.0944. The van der Waals surface area contributed by atoms with E-state index in [4.69, 9.17) is 0 Å². The highest BCUT2D eigenvalue weighted by Crippen LogP contribution is 2.26. The molecule has 1 heterocycles. The van der Waals surface area contributed by atoms with Crippen LogP contribution >= 0.6 is 15.9 Å². The van der Waals surface area contributed by atoms with Gasteiger partial charge in [0.15, 0.2) is 0 Å². The summed E-state index contributed by atoms with van der Waals surface area (Å²) in [4.78, 5) is 3.57. The topological polar surface area (TPSA) is 96.4 Å². The van der Waals surface area contributed by atoms with Crippen LogP contribution in [0.4, 0.5) is 5.69 Å². The number of benzene rings is 1. The minimum absolute atomic E-state index is 0.00826. The molecule has 10 heteroatoms. The van der Waals surface area contributed by atoms with Crippen molar-refractivity contribution in [3.8, 4) is 0 Å². The lowest BCUT2D eigenvalue weighted by molar-refractivity contribution is 0.474. The Bertz CT molecular complexity index is 1040. The van der Waals surface area contributed by atoms with Crippen molar-refractivity contribution in [1.29, 1.82) is 0 Å². The van der Waals surface area contributed by atoms with Gasteiger partial charge in [-0.2, -0.15) is 4.31 Å². The Labute approximate surface area is 167 Å². The van der Waals surface area contributed by atoms with Crippen LogP contribution in [0.15, 0.2) is 82.3 Å². The van der Waals surface area contributed by atoms with E-state index in [2.05, 4.69) is 38.8 Å². The standard InChI is InChI=1S/C17H18BrN3O4S2/c1-3-10-21(11-4-2)27(24,25)17-13-19-9-8-16(17)20-26(22,23)15-7-5-6-14(18)12-15/h3-9,12-13H,1-2,10-11H2,(H,19,20). The molecule has 0 amide bonds. The molecule has 27 heavy (non-hydrogen) atoms. The predicted molar refractivity (Wildman–Crippen MR) is 108 cm³/mol. The molecule has 1 N–H and O–H groups in total. The number of nitrogens with one attached hydrogen (secondary N) is 1. The van der Waals surface area contributed by atoms with Crippen LogP contribution in [0, 0.1) is 0 Å². The number of hydrogen-bond donors (Lipinski definition) is 1. The van der Waals surface area contributed by atoms with Gasteiger partial charge < -0.3 is 0 Å². The smallest absolute Gasteiger partial charge is 0.261 e. The van der Waals surface area contributed by atoms with Gasteiger partial charge in [0.2, 0.25) is 10.0 Å². The molecule has 0 saturated carbocycles. The highest BCUT2D eigenvalue weighted by Gasteiger charge is 2.27. The number of pyridine rings is 1. The Hall–Kier alpha value is -2.01. The van der Waals surface area contributed by atoms with Crippen LogP contribution in [0.25, 0.3) is 0 Å². The number of anilines is 1. The van der Waals surface area contributed by atoms with Gasteiger partial charge in [-0.05, 0) is 24.3 Å². The van der Waals surface area contributed by atoms with Crippen molar-refractivity contribution in [3.63, 3.8) is 0 Å². The van der Waals surface area contributed by atoms with Crippen LogP contribution in [0.2, 0.25) is 0 Å². The number of hydrogen-bond acceptors (Lipinski definition) is 5. The van der Waals surface area contributed by atoms with Crippen molar-refractivity contribution < 1.29 is 16.8 Å². The fourth-order valence-electron chi connectivity index (χ4n) is 2.21. The summed E-state index contributed by atoms with van der Waals surface area (Å²) in [6, 6.07) is 7.37. The maximum Gasteiger partial charge on any atom is 0.261 e. The second kappa shape index (κ2) is 8.79. The molecule has 1 aromatic carbocycles. The molecule has 0 aliphatic rings. The van der Waals surface area contributed by atoms with E-state index in [0.717, 1.165) is 10.5 Å². The molecule has 0 bridgehead atoms. The van der Waals surface area contributed by atoms with E-state index in [1.165, 1.54) is 36.5 Å². The van der Waals surface area contributed by atoms with Gasteiger partial charge in [0.05, 0.1) is 10.6 Å². The van der Waals surface area contributed by atoms with Crippen LogP contribution in [0.5, 0.6) is 0 Å². The molecule has 0 fully saturated rings. The van der Waals surface area contributed by atoms with Gasteiger partial charge in [-0.1, -0.05) is 34.1 Å².